The quantitative estimate of drug-likeness (QED) is 0.539. The molecule has 0 bridgehead atoms. The molecule has 5 nitrogen and oxygen atoms in total. The SMILES string of the molecule is COc1ccc(CCN(C)C(C)C(=O)Nc2ccccc2-c2ccccc2)cc1OC. The van der Waals surface area contributed by atoms with E-state index in [-0.39, 0.29) is 11.9 Å². The van der Waals surface area contributed by atoms with E-state index in [1.54, 1.807) is 14.2 Å². The highest BCUT2D eigenvalue weighted by atomic mass is 16.5. The lowest BCUT2D eigenvalue weighted by Crippen LogP contribution is -2.40. The van der Waals surface area contributed by atoms with Crippen LogP contribution in [-0.4, -0.2) is 44.7 Å². The Morgan fingerprint density at radius 2 is 1.61 bits per heavy atom. The van der Waals surface area contributed by atoms with Crippen LogP contribution in [0.1, 0.15) is 12.5 Å². The Morgan fingerprint density at radius 3 is 2.32 bits per heavy atom. The van der Waals surface area contributed by atoms with Gasteiger partial charge in [-0.05, 0) is 49.7 Å². The number of para-hydroxylation sites is 1. The predicted molar refractivity (Wildman–Crippen MR) is 126 cm³/mol. The number of hydrogen-bond acceptors (Lipinski definition) is 4. The number of amides is 1. The molecule has 0 heterocycles. The van der Waals surface area contributed by atoms with Crippen LogP contribution < -0.4 is 14.8 Å². The molecule has 0 aliphatic heterocycles. The van der Waals surface area contributed by atoms with Gasteiger partial charge in [0.05, 0.1) is 20.3 Å². The van der Waals surface area contributed by atoms with Crippen LogP contribution in [0.3, 0.4) is 0 Å². The second kappa shape index (κ2) is 10.6. The van der Waals surface area contributed by atoms with Crippen molar-refractivity contribution in [1.82, 2.24) is 4.90 Å². The van der Waals surface area contributed by atoms with Crippen LogP contribution in [0.2, 0.25) is 0 Å². The van der Waals surface area contributed by atoms with Crippen molar-refractivity contribution in [2.45, 2.75) is 19.4 Å². The van der Waals surface area contributed by atoms with Gasteiger partial charge in [-0.3, -0.25) is 9.69 Å². The van der Waals surface area contributed by atoms with E-state index in [4.69, 9.17) is 9.47 Å². The van der Waals surface area contributed by atoms with Gasteiger partial charge in [0.15, 0.2) is 11.5 Å². The number of carbonyl (C=O) groups is 1. The molecule has 3 aromatic rings. The summed E-state index contributed by atoms with van der Waals surface area (Å²) in [6.45, 7) is 2.67. The predicted octanol–water partition coefficient (Wildman–Crippen LogP) is 4.87. The molecule has 0 aliphatic rings. The lowest BCUT2D eigenvalue weighted by molar-refractivity contribution is -0.120. The van der Waals surface area contributed by atoms with Crippen LogP contribution in [0.15, 0.2) is 72.8 Å². The van der Waals surface area contributed by atoms with Gasteiger partial charge in [-0.2, -0.15) is 0 Å². The van der Waals surface area contributed by atoms with E-state index < -0.39 is 0 Å². The Hall–Kier alpha value is -3.31. The third kappa shape index (κ3) is 5.64. The average Bonchev–Trinajstić information content (AvgIpc) is 2.82. The molecular formula is C26H30N2O3. The summed E-state index contributed by atoms with van der Waals surface area (Å²) < 4.78 is 10.7. The molecule has 1 amide bonds. The van der Waals surface area contributed by atoms with Gasteiger partial charge < -0.3 is 14.8 Å². The molecule has 3 rings (SSSR count). The molecule has 1 N–H and O–H groups in total. The zero-order chi connectivity index (χ0) is 22.2. The van der Waals surface area contributed by atoms with Crippen LogP contribution in [0, 0.1) is 0 Å². The monoisotopic (exact) mass is 418 g/mol. The highest BCUT2D eigenvalue weighted by Gasteiger charge is 2.19. The number of likely N-dealkylation sites (N-methyl/N-ethyl adjacent to an activating group) is 1. The van der Waals surface area contributed by atoms with E-state index in [1.165, 1.54) is 0 Å². The molecule has 0 saturated heterocycles. The van der Waals surface area contributed by atoms with Crippen molar-refractivity contribution in [3.63, 3.8) is 0 Å². The normalized spacial score (nSPS) is 11.8. The Labute approximate surface area is 184 Å². The van der Waals surface area contributed by atoms with Crippen LogP contribution in [-0.2, 0) is 11.2 Å². The fourth-order valence-electron chi connectivity index (χ4n) is 3.43. The highest BCUT2D eigenvalue weighted by molar-refractivity contribution is 5.98. The molecule has 31 heavy (non-hydrogen) atoms. The van der Waals surface area contributed by atoms with Crippen molar-refractivity contribution in [2.24, 2.45) is 0 Å². The second-order valence-corrected chi connectivity index (χ2v) is 7.50. The Balaban J connectivity index is 1.63. The second-order valence-electron chi connectivity index (χ2n) is 7.50. The maximum Gasteiger partial charge on any atom is 0.241 e. The van der Waals surface area contributed by atoms with Crippen molar-refractivity contribution in [3.05, 3.63) is 78.4 Å². The lowest BCUT2D eigenvalue weighted by Gasteiger charge is -2.24. The molecule has 5 heteroatoms. The summed E-state index contributed by atoms with van der Waals surface area (Å²) in [4.78, 5) is 15.0. The smallest absolute Gasteiger partial charge is 0.241 e. The van der Waals surface area contributed by atoms with Gasteiger partial charge >= 0.3 is 0 Å². The third-order valence-electron chi connectivity index (χ3n) is 5.51. The third-order valence-corrected chi connectivity index (χ3v) is 5.51. The number of anilines is 1. The average molecular weight is 419 g/mol. The molecule has 0 fully saturated rings. The number of rotatable bonds is 9. The summed E-state index contributed by atoms with van der Waals surface area (Å²) in [5.41, 5.74) is 4.04. The van der Waals surface area contributed by atoms with Gasteiger partial charge in [0.25, 0.3) is 0 Å². The lowest BCUT2D eigenvalue weighted by atomic mass is 10.0. The fraction of sp³-hybridized carbons (Fsp3) is 0.269. The summed E-state index contributed by atoms with van der Waals surface area (Å²) >= 11 is 0. The maximum atomic E-state index is 12.9. The molecule has 1 unspecified atom stereocenters. The maximum absolute atomic E-state index is 12.9. The van der Waals surface area contributed by atoms with E-state index in [9.17, 15) is 4.79 Å². The van der Waals surface area contributed by atoms with E-state index in [0.29, 0.717) is 11.5 Å². The summed E-state index contributed by atoms with van der Waals surface area (Å²) in [6, 6.07) is 23.6. The first kappa shape index (κ1) is 22.4. The standard InChI is InChI=1S/C26H30N2O3/c1-19(28(2)17-16-20-14-15-24(30-3)25(18-20)31-4)26(29)27-23-13-9-8-12-22(23)21-10-6-5-7-11-21/h5-15,18-19H,16-17H2,1-4H3,(H,27,29). The molecular weight excluding hydrogens is 388 g/mol. The minimum absolute atomic E-state index is 0.0295. The Morgan fingerprint density at radius 1 is 0.935 bits per heavy atom. The number of carbonyl (C=O) groups excluding carboxylic acids is 1. The first-order valence-electron chi connectivity index (χ1n) is 10.4. The molecule has 3 aromatic carbocycles. The van der Waals surface area contributed by atoms with Gasteiger partial charge in [0.1, 0.15) is 0 Å². The number of benzene rings is 3. The Bertz CT molecular complexity index is 1000. The summed E-state index contributed by atoms with van der Waals surface area (Å²) in [7, 11) is 5.23. The highest BCUT2D eigenvalue weighted by Crippen LogP contribution is 2.29. The topological polar surface area (TPSA) is 50.8 Å². The van der Waals surface area contributed by atoms with E-state index >= 15 is 0 Å². The fourth-order valence-corrected chi connectivity index (χ4v) is 3.43. The number of hydrogen-bond donors (Lipinski definition) is 1. The summed E-state index contributed by atoms with van der Waals surface area (Å²) in [5, 5.41) is 3.10. The first-order chi connectivity index (χ1) is 15.0. The number of methoxy groups -OCH3 is 2. The number of nitrogens with one attached hydrogen (secondary N) is 1. The van der Waals surface area contributed by atoms with Gasteiger partial charge in [0.2, 0.25) is 5.91 Å². The van der Waals surface area contributed by atoms with Crippen LogP contribution >= 0.6 is 0 Å². The van der Waals surface area contributed by atoms with Crippen molar-refractivity contribution in [3.8, 4) is 22.6 Å². The first-order valence-corrected chi connectivity index (χ1v) is 10.4. The zero-order valence-corrected chi connectivity index (χ0v) is 18.6. The van der Waals surface area contributed by atoms with Gasteiger partial charge in [-0.1, -0.05) is 54.6 Å². The Kier molecular flexibility index (Phi) is 7.68. The van der Waals surface area contributed by atoms with Gasteiger partial charge in [-0.25, -0.2) is 0 Å². The molecule has 0 aliphatic carbocycles. The minimum Gasteiger partial charge on any atom is -0.493 e. The van der Waals surface area contributed by atoms with E-state index in [1.807, 2.05) is 86.8 Å². The molecule has 1 atom stereocenters. The number of ether oxygens (including phenoxy) is 2. The summed E-state index contributed by atoms with van der Waals surface area (Å²) in [5.74, 6) is 1.40. The molecule has 0 aromatic heterocycles. The molecule has 0 spiro atoms. The number of nitrogens with zero attached hydrogens (tertiary/aromatic N) is 1. The van der Waals surface area contributed by atoms with E-state index in [0.717, 1.165) is 35.3 Å². The molecule has 0 radical (unpaired) electrons. The van der Waals surface area contributed by atoms with Gasteiger partial charge in [-0.15, -0.1) is 0 Å². The van der Waals surface area contributed by atoms with Crippen molar-refractivity contribution in [2.75, 3.05) is 33.1 Å². The van der Waals surface area contributed by atoms with Crippen LogP contribution in [0.4, 0.5) is 5.69 Å². The zero-order valence-electron chi connectivity index (χ0n) is 18.6. The van der Waals surface area contributed by atoms with Crippen LogP contribution in [0.25, 0.3) is 11.1 Å². The van der Waals surface area contributed by atoms with Crippen molar-refractivity contribution >= 4 is 11.6 Å². The molecule has 162 valence electrons. The largest absolute Gasteiger partial charge is 0.493 e. The summed E-state index contributed by atoms with van der Waals surface area (Å²) in [6.07, 6.45) is 0.801. The van der Waals surface area contributed by atoms with Crippen molar-refractivity contribution < 1.29 is 14.3 Å². The van der Waals surface area contributed by atoms with Gasteiger partial charge in [0, 0.05) is 17.8 Å². The minimum atomic E-state index is -0.274. The van der Waals surface area contributed by atoms with Crippen LogP contribution in [0.5, 0.6) is 11.5 Å². The van der Waals surface area contributed by atoms with Crippen molar-refractivity contribution in [1.29, 1.82) is 0 Å². The molecule has 0 saturated carbocycles. The van der Waals surface area contributed by atoms with E-state index in [2.05, 4.69) is 10.2 Å².